The summed E-state index contributed by atoms with van der Waals surface area (Å²) in [6.45, 7) is 8.99. The second kappa shape index (κ2) is 4.75. The molecule has 2 nitrogen and oxygen atoms in total. The van der Waals surface area contributed by atoms with Crippen LogP contribution in [0, 0.1) is 12.3 Å². The van der Waals surface area contributed by atoms with Gasteiger partial charge in [0, 0.05) is 12.0 Å². The molecule has 1 aliphatic rings. The Labute approximate surface area is 110 Å². The van der Waals surface area contributed by atoms with Gasteiger partial charge in [-0.05, 0) is 25.3 Å². The molecule has 18 heavy (non-hydrogen) atoms. The lowest BCUT2D eigenvalue weighted by molar-refractivity contribution is -0.140. The first-order chi connectivity index (χ1) is 8.39. The standard InChI is InChI=1S/C16H23NO/c1-12-7-9-13(10-8-12)14-6-5-11-17(14)15(18)16(2,3)4/h7-10,14H,5-6,11H2,1-4H3. The van der Waals surface area contributed by atoms with Crippen LogP contribution in [0.4, 0.5) is 0 Å². The van der Waals surface area contributed by atoms with E-state index in [-0.39, 0.29) is 17.4 Å². The molecule has 0 aromatic heterocycles. The average Bonchev–Trinajstić information content (AvgIpc) is 2.76. The quantitative estimate of drug-likeness (QED) is 0.738. The van der Waals surface area contributed by atoms with Crippen molar-refractivity contribution in [3.05, 3.63) is 35.4 Å². The number of nitrogens with zero attached hydrogens (tertiary/aromatic N) is 1. The molecule has 1 aliphatic heterocycles. The number of amides is 1. The molecule has 1 fully saturated rings. The van der Waals surface area contributed by atoms with E-state index in [0.717, 1.165) is 19.4 Å². The van der Waals surface area contributed by atoms with Gasteiger partial charge in [0.05, 0.1) is 6.04 Å². The van der Waals surface area contributed by atoms with Crippen molar-refractivity contribution in [2.75, 3.05) is 6.54 Å². The van der Waals surface area contributed by atoms with Gasteiger partial charge in [0.1, 0.15) is 0 Å². The fourth-order valence-electron chi connectivity index (χ4n) is 2.58. The van der Waals surface area contributed by atoms with Crippen LogP contribution in [-0.4, -0.2) is 17.4 Å². The van der Waals surface area contributed by atoms with Crippen LogP contribution in [0.1, 0.15) is 50.8 Å². The number of carbonyl (C=O) groups is 1. The summed E-state index contributed by atoms with van der Waals surface area (Å²) >= 11 is 0. The summed E-state index contributed by atoms with van der Waals surface area (Å²) in [5.74, 6) is 0.269. The van der Waals surface area contributed by atoms with Crippen LogP contribution in [0.15, 0.2) is 24.3 Å². The highest BCUT2D eigenvalue weighted by molar-refractivity contribution is 5.82. The Kier molecular flexibility index (Phi) is 3.47. The number of rotatable bonds is 1. The number of carbonyl (C=O) groups excluding carboxylic acids is 1. The molecule has 1 aromatic rings. The predicted octanol–water partition coefficient (Wildman–Crippen LogP) is 3.70. The van der Waals surface area contributed by atoms with Crippen LogP contribution < -0.4 is 0 Å². The highest BCUT2D eigenvalue weighted by atomic mass is 16.2. The van der Waals surface area contributed by atoms with Crippen LogP contribution >= 0.6 is 0 Å². The summed E-state index contributed by atoms with van der Waals surface area (Å²) in [7, 11) is 0. The Balaban J connectivity index is 2.22. The Bertz CT molecular complexity index is 427. The maximum Gasteiger partial charge on any atom is 0.228 e. The molecule has 1 amide bonds. The van der Waals surface area contributed by atoms with E-state index in [1.165, 1.54) is 11.1 Å². The van der Waals surface area contributed by atoms with Gasteiger partial charge in [-0.3, -0.25) is 4.79 Å². The first-order valence-electron chi connectivity index (χ1n) is 6.77. The molecule has 0 saturated carbocycles. The molecule has 1 unspecified atom stereocenters. The largest absolute Gasteiger partial charge is 0.335 e. The molecule has 98 valence electrons. The van der Waals surface area contributed by atoms with Crippen LogP contribution in [-0.2, 0) is 4.79 Å². The zero-order chi connectivity index (χ0) is 13.3. The van der Waals surface area contributed by atoms with Crippen molar-refractivity contribution >= 4 is 5.91 Å². The smallest absolute Gasteiger partial charge is 0.228 e. The van der Waals surface area contributed by atoms with Crippen molar-refractivity contribution in [3.8, 4) is 0 Å². The summed E-state index contributed by atoms with van der Waals surface area (Å²) in [4.78, 5) is 14.5. The van der Waals surface area contributed by atoms with E-state index in [2.05, 4.69) is 36.1 Å². The second-order valence-electron chi connectivity index (χ2n) is 6.32. The first kappa shape index (κ1) is 13.1. The molecule has 0 radical (unpaired) electrons. The number of hydrogen-bond donors (Lipinski definition) is 0. The van der Waals surface area contributed by atoms with E-state index in [1.807, 2.05) is 20.8 Å². The lowest BCUT2D eigenvalue weighted by Crippen LogP contribution is -2.38. The van der Waals surface area contributed by atoms with Gasteiger partial charge < -0.3 is 4.90 Å². The van der Waals surface area contributed by atoms with Crippen molar-refractivity contribution in [2.24, 2.45) is 5.41 Å². The van der Waals surface area contributed by atoms with Gasteiger partial charge in [0.2, 0.25) is 5.91 Å². The summed E-state index contributed by atoms with van der Waals surface area (Å²) < 4.78 is 0. The second-order valence-corrected chi connectivity index (χ2v) is 6.32. The van der Waals surface area contributed by atoms with Crippen molar-refractivity contribution in [1.82, 2.24) is 4.90 Å². The molecule has 1 saturated heterocycles. The fourth-order valence-corrected chi connectivity index (χ4v) is 2.58. The molecule has 0 bridgehead atoms. The minimum absolute atomic E-state index is 0.269. The van der Waals surface area contributed by atoms with E-state index in [0.29, 0.717) is 0 Å². The molecule has 2 rings (SSSR count). The lowest BCUT2D eigenvalue weighted by Gasteiger charge is -2.31. The van der Waals surface area contributed by atoms with Gasteiger partial charge >= 0.3 is 0 Å². The lowest BCUT2D eigenvalue weighted by atomic mass is 9.93. The number of benzene rings is 1. The zero-order valence-corrected chi connectivity index (χ0v) is 11.9. The first-order valence-corrected chi connectivity index (χ1v) is 6.77. The molecule has 0 N–H and O–H groups in total. The Morgan fingerprint density at radius 1 is 1.22 bits per heavy atom. The Morgan fingerprint density at radius 2 is 1.83 bits per heavy atom. The molecular weight excluding hydrogens is 222 g/mol. The van der Waals surface area contributed by atoms with Crippen LogP contribution in [0.2, 0.25) is 0 Å². The van der Waals surface area contributed by atoms with E-state index >= 15 is 0 Å². The number of likely N-dealkylation sites (tertiary alicyclic amines) is 1. The normalized spacial score (nSPS) is 20.2. The Hall–Kier alpha value is -1.31. The van der Waals surface area contributed by atoms with Crippen LogP contribution in [0.25, 0.3) is 0 Å². The van der Waals surface area contributed by atoms with Gasteiger partial charge in [-0.15, -0.1) is 0 Å². The molecule has 2 heteroatoms. The molecule has 1 heterocycles. The third-order valence-electron chi connectivity index (χ3n) is 3.62. The maximum atomic E-state index is 12.4. The average molecular weight is 245 g/mol. The summed E-state index contributed by atoms with van der Waals surface area (Å²) in [5, 5.41) is 0. The topological polar surface area (TPSA) is 20.3 Å². The van der Waals surface area contributed by atoms with Crippen molar-refractivity contribution in [3.63, 3.8) is 0 Å². The van der Waals surface area contributed by atoms with Gasteiger partial charge in [0.15, 0.2) is 0 Å². The van der Waals surface area contributed by atoms with Gasteiger partial charge in [-0.25, -0.2) is 0 Å². The minimum Gasteiger partial charge on any atom is -0.335 e. The monoisotopic (exact) mass is 245 g/mol. The maximum absolute atomic E-state index is 12.4. The van der Waals surface area contributed by atoms with E-state index in [9.17, 15) is 4.79 Å². The van der Waals surface area contributed by atoms with E-state index < -0.39 is 0 Å². The number of hydrogen-bond acceptors (Lipinski definition) is 1. The third kappa shape index (κ3) is 2.58. The SMILES string of the molecule is Cc1ccc(C2CCCN2C(=O)C(C)(C)C)cc1. The van der Waals surface area contributed by atoms with Crippen LogP contribution in [0.3, 0.4) is 0 Å². The van der Waals surface area contributed by atoms with E-state index in [4.69, 9.17) is 0 Å². The Morgan fingerprint density at radius 3 is 2.39 bits per heavy atom. The predicted molar refractivity (Wildman–Crippen MR) is 74.3 cm³/mol. The van der Waals surface area contributed by atoms with Crippen molar-refractivity contribution in [2.45, 2.75) is 46.6 Å². The minimum atomic E-state index is -0.284. The van der Waals surface area contributed by atoms with Crippen molar-refractivity contribution in [1.29, 1.82) is 0 Å². The third-order valence-corrected chi connectivity index (χ3v) is 3.62. The van der Waals surface area contributed by atoms with Gasteiger partial charge in [-0.2, -0.15) is 0 Å². The molecule has 1 aromatic carbocycles. The molecule has 0 aliphatic carbocycles. The van der Waals surface area contributed by atoms with E-state index in [1.54, 1.807) is 0 Å². The van der Waals surface area contributed by atoms with Gasteiger partial charge in [0.25, 0.3) is 0 Å². The molecule has 1 atom stereocenters. The highest BCUT2D eigenvalue weighted by Gasteiger charge is 2.35. The summed E-state index contributed by atoms with van der Waals surface area (Å²) in [6, 6.07) is 8.86. The highest BCUT2D eigenvalue weighted by Crippen LogP contribution is 2.35. The van der Waals surface area contributed by atoms with Crippen molar-refractivity contribution < 1.29 is 4.79 Å². The number of aryl methyl sites for hydroxylation is 1. The summed E-state index contributed by atoms with van der Waals surface area (Å²) in [6.07, 6.45) is 2.20. The van der Waals surface area contributed by atoms with Crippen LogP contribution in [0.5, 0.6) is 0 Å². The zero-order valence-electron chi connectivity index (χ0n) is 11.9. The molecular formula is C16H23NO. The molecule has 0 spiro atoms. The summed E-state index contributed by atoms with van der Waals surface area (Å²) in [5.41, 5.74) is 2.26. The fraction of sp³-hybridized carbons (Fsp3) is 0.562. The van der Waals surface area contributed by atoms with Gasteiger partial charge in [-0.1, -0.05) is 50.6 Å².